The summed E-state index contributed by atoms with van der Waals surface area (Å²) in [6.07, 6.45) is 0.115. The highest BCUT2D eigenvalue weighted by Crippen LogP contribution is 2.38. The van der Waals surface area contributed by atoms with Crippen molar-refractivity contribution in [3.63, 3.8) is 0 Å². The SMILES string of the molecule is COc1cc(CC(=O)Nc2ccc(C(C)C(=O)O)cc2)cc(OC)c1OC. The Morgan fingerprint density at radius 2 is 1.56 bits per heavy atom. The number of anilines is 1. The third kappa shape index (κ3) is 4.91. The molecule has 2 aromatic carbocycles. The van der Waals surface area contributed by atoms with Gasteiger partial charge in [0.25, 0.3) is 0 Å². The minimum absolute atomic E-state index is 0.115. The number of hydrogen-bond donors (Lipinski definition) is 2. The molecule has 1 amide bonds. The first kappa shape index (κ1) is 20.1. The van der Waals surface area contributed by atoms with E-state index in [2.05, 4.69) is 5.32 Å². The van der Waals surface area contributed by atoms with Crippen LogP contribution in [0.15, 0.2) is 36.4 Å². The average molecular weight is 373 g/mol. The van der Waals surface area contributed by atoms with Gasteiger partial charge in [-0.2, -0.15) is 0 Å². The lowest BCUT2D eigenvalue weighted by Crippen LogP contribution is -2.15. The Bertz CT molecular complexity index is 791. The van der Waals surface area contributed by atoms with Gasteiger partial charge in [-0.3, -0.25) is 9.59 Å². The fraction of sp³-hybridized carbons (Fsp3) is 0.300. The zero-order chi connectivity index (χ0) is 20.0. The summed E-state index contributed by atoms with van der Waals surface area (Å²) in [4.78, 5) is 23.4. The van der Waals surface area contributed by atoms with Gasteiger partial charge in [0, 0.05) is 5.69 Å². The number of aliphatic carboxylic acids is 1. The molecular weight excluding hydrogens is 350 g/mol. The lowest BCUT2D eigenvalue weighted by atomic mass is 10.0. The Morgan fingerprint density at radius 1 is 1.00 bits per heavy atom. The smallest absolute Gasteiger partial charge is 0.310 e. The second-order valence-corrected chi connectivity index (χ2v) is 5.94. The molecule has 144 valence electrons. The van der Waals surface area contributed by atoms with Crippen LogP contribution in [-0.2, 0) is 16.0 Å². The number of carboxylic acids is 1. The molecule has 0 fully saturated rings. The standard InChI is InChI=1S/C20H23NO6/c1-12(20(23)24)14-5-7-15(8-6-14)21-18(22)11-13-9-16(25-2)19(27-4)17(10-13)26-3/h5-10,12H,11H2,1-4H3,(H,21,22)(H,23,24). The molecule has 1 atom stereocenters. The van der Waals surface area contributed by atoms with Gasteiger partial charge in [0.2, 0.25) is 11.7 Å². The van der Waals surface area contributed by atoms with Crippen molar-refractivity contribution < 1.29 is 28.9 Å². The first-order valence-corrected chi connectivity index (χ1v) is 8.31. The Balaban J connectivity index is 2.10. The van der Waals surface area contributed by atoms with Gasteiger partial charge >= 0.3 is 5.97 Å². The van der Waals surface area contributed by atoms with Crippen molar-refractivity contribution in [3.8, 4) is 17.2 Å². The van der Waals surface area contributed by atoms with E-state index in [4.69, 9.17) is 19.3 Å². The summed E-state index contributed by atoms with van der Waals surface area (Å²) in [6.45, 7) is 1.61. The average Bonchev–Trinajstić information content (AvgIpc) is 2.66. The second kappa shape index (κ2) is 8.93. The maximum atomic E-state index is 12.3. The third-order valence-electron chi connectivity index (χ3n) is 4.15. The van der Waals surface area contributed by atoms with E-state index in [0.717, 1.165) is 0 Å². The van der Waals surface area contributed by atoms with Crippen LogP contribution in [-0.4, -0.2) is 38.3 Å². The van der Waals surface area contributed by atoms with E-state index >= 15 is 0 Å². The van der Waals surface area contributed by atoms with Crippen LogP contribution in [0.1, 0.15) is 24.0 Å². The van der Waals surface area contributed by atoms with E-state index in [1.165, 1.54) is 21.3 Å². The lowest BCUT2D eigenvalue weighted by Gasteiger charge is -2.14. The van der Waals surface area contributed by atoms with E-state index in [1.54, 1.807) is 43.3 Å². The highest BCUT2D eigenvalue weighted by atomic mass is 16.5. The van der Waals surface area contributed by atoms with E-state index in [0.29, 0.717) is 34.1 Å². The summed E-state index contributed by atoms with van der Waals surface area (Å²) in [5, 5.41) is 11.8. The van der Waals surface area contributed by atoms with Gasteiger partial charge in [0.15, 0.2) is 11.5 Å². The number of carbonyl (C=O) groups excluding carboxylic acids is 1. The van der Waals surface area contributed by atoms with E-state index < -0.39 is 11.9 Å². The summed E-state index contributed by atoms with van der Waals surface area (Å²) in [6, 6.07) is 10.2. The van der Waals surface area contributed by atoms with E-state index in [1.807, 2.05) is 0 Å². The van der Waals surface area contributed by atoms with Crippen molar-refractivity contribution in [1.82, 2.24) is 0 Å². The van der Waals surface area contributed by atoms with Crippen molar-refractivity contribution in [2.24, 2.45) is 0 Å². The molecular formula is C20H23NO6. The predicted octanol–water partition coefficient (Wildman–Crippen LogP) is 3.08. The van der Waals surface area contributed by atoms with Gasteiger partial charge in [0.1, 0.15) is 0 Å². The normalized spacial score (nSPS) is 11.4. The van der Waals surface area contributed by atoms with Gasteiger partial charge in [-0.1, -0.05) is 12.1 Å². The largest absolute Gasteiger partial charge is 0.493 e. The maximum absolute atomic E-state index is 12.3. The first-order chi connectivity index (χ1) is 12.9. The molecule has 0 saturated carbocycles. The number of benzene rings is 2. The molecule has 7 nitrogen and oxygen atoms in total. The molecule has 0 aliphatic carbocycles. The summed E-state index contributed by atoms with van der Waals surface area (Å²) in [5.74, 6) is -0.294. The molecule has 0 spiro atoms. The molecule has 1 unspecified atom stereocenters. The molecule has 0 saturated heterocycles. The molecule has 2 aromatic rings. The number of amides is 1. The van der Waals surface area contributed by atoms with Crippen LogP contribution in [0.25, 0.3) is 0 Å². The topological polar surface area (TPSA) is 94.1 Å². The van der Waals surface area contributed by atoms with Crippen LogP contribution in [0, 0.1) is 0 Å². The molecule has 0 aromatic heterocycles. The highest BCUT2D eigenvalue weighted by Gasteiger charge is 2.16. The number of ether oxygens (including phenoxy) is 3. The van der Waals surface area contributed by atoms with Crippen LogP contribution in [0.2, 0.25) is 0 Å². The van der Waals surface area contributed by atoms with Crippen molar-refractivity contribution in [1.29, 1.82) is 0 Å². The molecule has 7 heteroatoms. The zero-order valence-electron chi connectivity index (χ0n) is 15.7. The lowest BCUT2D eigenvalue weighted by molar-refractivity contribution is -0.138. The van der Waals surface area contributed by atoms with Gasteiger partial charge in [-0.05, 0) is 42.3 Å². The highest BCUT2D eigenvalue weighted by molar-refractivity contribution is 5.92. The van der Waals surface area contributed by atoms with Crippen LogP contribution in [0.3, 0.4) is 0 Å². The summed E-state index contributed by atoms with van der Waals surface area (Å²) >= 11 is 0. The number of rotatable bonds is 8. The first-order valence-electron chi connectivity index (χ1n) is 8.31. The number of carboxylic acid groups (broad SMARTS) is 1. The fourth-order valence-corrected chi connectivity index (χ4v) is 2.63. The molecule has 2 N–H and O–H groups in total. The van der Waals surface area contributed by atoms with Crippen molar-refractivity contribution in [2.45, 2.75) is 19.3 Å². The Labute approximate surface area is 157 Å². The van der Waals surface area contributed by atoms with E-state index in [-0.39, 0.29) is 12.3 Å². The number of carbonyl (C=O) groups is 2. The summed E-state index contributed by atoms with van der Waals surface area (Å²) < 4.78 is 15.8. The Hall–Kier alpha value is -3.22. The Morgan fingerprint density at radius 3 is 2.00 bits per heavy atom. The summed E-state index contributed by atoms with van der Waals surface area (Å²) in [5.41, 5.74) is 1.97. The fourth-order valence-electron chi connectivity index (χ4n) is 2.63. The van der Waals surface area contributed by atoms with E-state index in [9.17, 15) is 9.59 Å². The molecule has 0 aliphatic heterocycles. The zero-order valence-corrected chi connectivity index (χ0v) is 15.7. The predicted molar refractivity (Wildman–Crippen MR) is 101 cm³/mol. The van der Waals surface area contributed by atoms with Crippen molar-refractivity contribution >= 4 is 17.6 Å². The molecule has 0 aliphatic rings. The monoisotopic (exact) mass is 373 g/mol. The van der Waals surface area contributed by atoms with Crippen molar-refractivity contribution in [2.75, 3.05) is 26.6 Å². The third-order valence-corrected chi connectivity index (χ3v) is 4.15. The van der Waals surface area contributed by atoms with Crippen LogP contribution in [0.4, 0.5) is 5.69 Å². The quantitative estimate of drug-likeness (QED) is 0.738. The molecule has 2 rings (SSSR count). The number of nitrogens with one attached hydrogen (secondary N) is 1. The van der Waals surface area contributed by atoms with Crippen molar-refractivity contribution in [3.05, 3.63) is 47.5 Å². The molecule has 27 heavy (non-hydrogen) atoms. The summed E-state index contributed by atoms with van der Waals surface area (Å²) in [7, 11) is 4.54. The van der Waals surface area contributed by atoms with Gasteiger partial charge in [0.05, 0.1) is 33.7 Å². The minimum Gasteiger partial charge on any atom is -0.493 e. The minimum atomic E-state index is -0.894. The van der Waals surface area contributed by atoms with Gasteiger partial charge in [-0.15, -0.1) is 0 Å². The van der Waals surface area contributed by atoms with Crippen LogP contribution in [0.5, 0.6) is 17.2 Å². The van der Waals surface area contributed by atoms with Gasteiger partial charge < -0.3 is 24.6 Å². The molecule has 0 heterocycles. The Kier molecular flexibility index (Phi) is 6.65. The maximum Gasteiger partial charge on any atom is 0.310 e. The number of methoxy groups -OCH3 is 3. The van der Waals surface area contributed by atoms with Crippen LogP contribution < -0.4 is 19.5 Å². The number of hydrogen-bond acceptors (Lipinski definition) is 5. The van der Waals surface area contributed by atoms with Gasteiger partial charge in [-0.25, -0.2) is 0 Å². The molecule has 0 radical (unpaired) electrons. The molecule has 0 bridgehead atoms. The second-order valence-electron chi connectivity index (χ2n) is 5.94. The van der Waals surface area contributed by atoms with Crippen LogP contribution >= 0.6 is 0 Å².